The maximum absolute atomic E-state index is 13.0. The average Bonchev–Trinajstić information content (AvgIpc) is 2.76. The summed E-state index contributed by atoms with van der Waals surface area (Å²) in [6.45, 7) is 4.50. The third-order valence-electron chi connectivity index (χ3n) is 5.69. The van der Waals surface area contributed by atoms with Crippen LogP contribution in [0, 0.1) is 0 Å². The lowest BCUT2D eigenvalue weighted by atomic mass is 10.0. The Morgan fingerprint density at radius 3 is 2.43 bits per heavy atom. The normalized spacial score (nSPS) is 15.0. The van der Waals surface area contributed by atoms with Crippen molar-refractivity contribution in [1.82, 2.24) is 4.90 Å². The van der Waals surface area contributed by atoms with Gasteiger partial charge in [0.2, 0.25) is 5.91 Å². The van der Waals surface area contributed by atoms with Crippen molar-refractivity contribution in [1.29, 1.82) is 0 Å². The lowest BCUT2D eigenvalue weighted by molar-refractivity contribution is -0.119. The number of anilines is 1. The quantitative estimate of drug-likeness (QED) is 0.704. The first-order valence-corrected chi connectivity index (χ1v) is 10.6. The van der Waals surface area contributed by atoms with E-state index in [4.69, 9.17) is 9.47 Å². The number of para-hydroxylation sites is 1. The zero-order valence-corrected chi connectivity index (χ0v) is 18.1. The first-order valence-electron chi connectivity index (χ1n) is 10.6. The van der Waals surface area contributed by atoms with Crippen LogP contribution in [0.2, 0.25) is 0 Å². The van der Waals surface area contributed by atoms with Crippen molar-refractivity contribution in [2.45, 2.75) is 45.2 Å². The minimum atomic E-state index is 0.141. The minimum absolute atomic E-state index is 0.141. The fourth-order valence-electron chi connectivity index (χ4n) is 4.09. The van der Waals surface area contributed by atoms with E-state index >= 15 is 0 Å². The number of phenols is 1. The van der Waals surface area contributed by atoms with Gasteiger partial charge in [0.25, 0.3) is 0 Å². The third kappa shape index (κ3) is 5.05. The molecule has 3 rings (SSSR count). The smallest absolute Gasteiger partial charge is 0.227 e. The first-order chi connectivity index (χ1) is 14.6. The lowest BCUT2D eigenvalue weighted by Crippen LogP contribution is -2.47. The number of carbonyl (C=O) groups excluding carboxylic acids is 1. The van der Waals surface area contributed by atoms with Gasteiger partial charge in [-0.2, -0.15) is 0 Å². The van der Waals surface area contributed by atoms with Crippen LogP contribution in [-0.2, 0) is 11.3 Å². The zero-order chi connectivity index (χ0) is 21.5. The van der Waals surface area contributed by atoms with Gasteiger partial charge in [0.15, 0.2) is 11.5 Å². The monoisotopic (exact) mass is 412 g/mol. The van der Waals surface area contributed by atoms with E-state index < -0.39 is 0 Å². The number of hydrogen-bond acceptors (Lipinski definition) is 5. The number of hydrogen-bond donors (Lipinski definition) is 1. The number of likely N-dealkylation sites (tertiary alicyclic amines) is 1. The van der Waals surface area contributed by atoms with Crippen molar-refractivity contribution in [3.05, 3.63) is 48.0 Å². The summed E-state index contributed by atoms with van der Waals surface area (Å²) in [6, 6.07) is 13.3. The summed E-state index contributed by atoms with van der Waals surface area (Å²) in [5.74, 6) is 1.76. The van der Waals surface area contributed by atoms with Crippen molar-refractivity contribution in [3.63, 3.8) is 0 Å². The molecule has 6 heteroatoms. The average molecular weight is 413 g/mol. The number of ether oxygens (including phenoxy) is 2. The van der Waals surface area contributed by atoms with Crippen LogP contribution in [0.25, 0.3) is 0 Å². The van der Waals surface area contributed by atoms with Gasteiger partial charge >= 0.3 is 0 Å². The van der Waals surface area contributed by atoms with Crippen molar-refractivity contribution < 1.29 is 19.4 Å². The van der Waals surface area contributed by atoms with E-state index in [-0.39, 0.29) is 11.9 Å². The number of nitrogens with zero attached hydrogens (tertiary/aromatic N) is 2. The van der Waals surface area contributed by atoms with Gasteiger partial charge in [0.1, 0.15) is 5.75 Å². The molecule has 0 radical (unpaired) electrons. The van der Waals surface area contributed by atoms with Gasteiger partial charge in [-0.15, -0.1) is 0 Å². The molecule has 0 aromatic heterocycles. The predicted octanol–water partition coefficient (Wildman–Crippen LogP) is 4.21. The van der Waals surface area contributed by atoms with Crippen molar-refractivity contribution in [2.24, 2.45) is 0 Å². The number of carbonyl (C=O) groups is 1. The number of methoxy groups -OCH3 is 2. The van der Waals surface area contributed by atoms with Crippen molar-refractivity contribution >= 4 is 11.6 Å². The molecule has 2 aromatic carbocycles. The van der Waals surface area contributed by atoms with E-state index in [0.717, 1.165) is 50.1 Å². The molecule has 2 aromatic rings. The summed E-state index contributed by atoms with van der Waals surface area (Å²) in [5.41, 5.74) is 1.79. The van der Waals surface area contributed by atoms with E-state index in [1.807, 2.05) is 48.2 Å². The summed E-state index contributed by atoms with van der Waals surface area (Å²) < 4.78 is 10.8. The van der Waals surface area contributed by atoms with Crippen LogP contribution in [0.4, 0.5) is 5.69 Å². The molecule has 1 heterocycles. The number of piperidine rings is 1. The zero-order valence-electron chi connectivity index (χ0n) is 18.1. The molecule has 1 N–H and O–H groups in total. The number of phenolic OH excluding ortho intramolecular Hbond substituents is 1. The Morgan fingerprint density at radius 2 is 1.80 bits per heavy atom. The molecule has 0 unspecified atom stereocenters. The maximum atomic E-state index is 13.0. The van der Waals surface area contributed by atoms with Gasteiger partial charge in [-0.25, -0.2) is 0 Å². The molecule has 1 amide bonds. The molecule has 0 atom stereocenters. The van der Waals surface area contributed by atoms with Crippen LogP contribution in [0.5, 0.6) is 17.2 Å². The largest absolute Gasteiger partial charge is 0.508 e. The highest BCUT2D eigenvalue weighted by Gasteiger charge is 2.29. The van der Waals surface area contributed by atoms with Crippen LogP contribution in [0.3, 0.4) is 0 Å². The molecule has 1 saturated heterocycles. The number of amides is 1. The van der Waals surface area contributed by atoms with E-state index in [2.05, 4.69) is 4.90 Å². The van der Waals surface area contributed by atoms with Crippen LogP contribution in [0.1, 0.15) is 38.2 Å². The van der Waals surface area contributed by atoms with E-state index in [0.29, 0.717) is 23.7 Å². The molecule has 1 aliphatic rings. The topological polar surface area (TPSA) is 62.2 Å². The second-order valence-corrected chi connectivity index (χ2v) is 7.69. The SMILES string of the molecule is CCCC(=O)N(c1ccc(OC)c(OC)c1)C1CCN(Cc2ccccc2O)CC1. The van der Waals surface area contributed by atoms with E-state index in [1.165, 1.54) is 0 Å². The Balaban J connectivity index is 1.74. The molecule has 0 aliphatic carbocycles. The number of benzene rings is 2. The molecular formula is C24H32N2O4. The van der Waals surface area contributed by atoms with Crippen LogP contribution < -0.4 is 14.4 Å². The van der Waals surface area contributed by atoms with Gasteiger partial charge in [-0.05, 0) is 37.5 Å². The van der Waals surface area contributed by atoms with Gasteiger partial charge < -0.3 is 19.5 Å². The van der Waals surface area contributed by atoms with Gasteiger partial charge in [-0.3, -0.25) is 9.69 Å². The van der Waals surface area contributed by atoms with Crippen LogP contribution in [0.15, 0.2) is 42.5 Å². The van der Waals surface area contributed by atoms with Gasteiger partial charge in [-0.1, -0.05) is 25.1 Å². The molecule has 162 valence electrons. The van der Waals surface area contributed by atoms with Gasteiger partial charge in [0.05, 0.1) is 14.2 Å². The standard InChI is InChI=1S/C24H32N2O4/c1-4-7-24(28)26(20-10-11-22(29-2)23(16-20)30-3)19-12-14-25(15-13-19)17-18-8-5-6-9-21(18)27/h5-6,8-11,16,19,27H,4,7,12-15,17H2,1-3H3. The van der Waals surface area contributed by atoms with Gasteiger partial charge in [0, 0.05) is 49.4 Å². The molecular weight excluding hydrogens is 380 g/mol. The highest BCUT2D eigenvalue weighted by atomic mass is 16.5. The third-order valence-corrected chi connectivity index (χ3v) is 5.69. The Morgan fingerprint density at radius 1 is 1.10 bits per heavy atom. The molecule has 0 spiro atoms. The molecule has 1 aliphatic heterocycles. The summed E-state index contributed by atoms with van der Waals surface area (Å²) in [6.07, 6.45) is 3.11. The Labute approximate surface area is 179 Å². The predicted molar refractivity (Wildman–Crippen MR) is 118 cm³/mol. The molecule has 30 heavy (non-hydrogen) atoms. The summed E-state index contributed by atoms with van der Waals surface area (Å²) in [5, 5.41) is 10.1. The highest BCUT2D eigenvalue weighted by Crippen LogP contribution is 2.34. The summed E-state index contributed by atoms with van der Waals surface area (Å²) in [4.78, 5) is 17.3. The minimum Gasteiger partial charge on any atom is -0.508 e. The molecule has 1 fully saturated rings. The summed E-state index contributed by atoms with van der Waals surface area (Å²) in [7, 11) is 3.22. The molecule has 0 bridgehead atoms. The van der Waals surface area contributed by atoms with Crippen LogP contribution >= 0.6 is 0 Å². The molecule has 6 nitrogen and oxygen atoms in total. The van der Waals surface area contributed by atoms with Crippen molar-refractivity contribution in [3.8, 4) is 17.2 Å². The first kappa shape index (κ1) is 22.0. The Kier molecular flexibility index (Phi) is 7.57. The second kappa shape index (κ2) is 10.3. The van der Waals surface area contributed by atoms with E-state index in [9.17, 15) is 9.90 Å². The Bertz CT molecular complexity index is 847. The van der Waals surface area contributed by atoms with E-state index in [1.54, 1.807) is 20.3 Å². The highest BCUT2D eigenvalue weighted by molar-refractivity contribution is 5.94. The number of rotatable bonds is 8. The Hall–Kier alpha value is -2.73. The maximum Gasteiger partial charge on any atom is 0.227 e. The lowest BCUT2D eigenvalue weighted by Gasteiger charge is -2.39. The second-order valence-electron chi connectivity index (χ2n) is 7.69. The van der Waals surface area contributed by atoms with Crippen molar-refractivity contribution in [2.75, 3.05) is 32.2 Å². The fourth-order valence-corrected chi connectivity index (χ4v) is 4.09. The number of aromatic hydroxyl groups is 1. The molecule has 0 saturated carbocycles. The van der Waals surface area contributed by atoms with Crippen LogP contribution in [-0.4, -0.2) is 49.3 Å². The fraction of sp³-hybridized carbons (Fsp3) is 0.458. The summed E-state index contributed by atoms with van der Waals surface area (Å²) >= 11 is 0.